The van der Waals surface area contributed by atoms with Gasteiger partial charge in [-0.2, -0.15) is 4.31 Å². The zero-order chi connectivity index (χ0) is 13.9. The van der Waals surface area contributed by atoms with Crippen molar-refractivity contribution >= 4 is 26.0 Å². The molecule has 1 heterocycles. The smallest absolute Gasteiger partial charge is 0.260 e. The van der Waals surface area contributed by atoms with Gasteiger partial charge in [0, 0.05) is 17.9 Å². The summed E-state index contributed by atoms with van der Waals surface area (Å²) in [7, 11) is -3.46. The van der Waals surface area contributed by atoms with E-state index in [0.717, 1.165) is 25.7 Å². The highest BCUT2D eigenvalue weighted by Crippen LogP contribution is 2.27. The van der Waals surface area contributed by atoms with Gasteiger partial charge in [-0.05, 0) is 19.8 Å². The fraction of sp³-hybridized carbons (Fsp3) is 0.750. The lowest BCUT2D eigenvalue weighted by molar-refractivity contribution is 0.262. The molecule has 1 aliphatic carbocycles. The molecule has 0 unspecified atom stereocenters. The van der Waals surface area contributed by atoms with Gasteiger partial charge in [0.15, 0.2) is 5.03 Å². The van der Waals surface area contributed by atoms with Crippen LogP contribution in [0.3, 0.4) is 0 Å². The maximum Gasteiger partial charge on any atom is 0.260 e. The van der Waals surface area contributed by atoms with E-state index in [0.29, 0.717) is 17.7 Å². The van der Waals surface area contributed by atoms with E-state index < -0.39 is 10.0 Å². The number of alkyl halides is 1. The SMILES string of the molecule is Cc1ncc(S(=O)(=O)N(CCBr)C2CCCCC2)[nH]1. The van der Waals surface area contributed by atoms with Crippen molar-refractivity contribution in [2.45, 2.75) is 50.1 Å². The third kappa shape index (κ3) is 3.38. The van der Waals surface area contributed by atoms with Crippen LogP contribution in [0.5, 0.6) is 0 Å². The van der Waals surface area contributed by atoms with Crippen molar-refractivity contribution in [3.63, 3.8) is 0 Å². The zero-order valence-corrected chi connectivity index (χ0v) is 13.5. The summed E-state index contributed by atoms with van der Waals surface area (Å²) in [6.07, 6.45) is 6.76. The minimum Gasteiger partial charge on any atom is -0.332 e. The predicted octanol–water partition coefficient (Wildman–Crippen LogP) is 2.44. The molecule has 1 N–H and O–H groups in total. The van der Waals surface area contributed by atoms with E-state index in [1.54, 1.807) is 11.2 Å². The van der Waals surface area contributed by atoms with Crippen LogP contribution >= 0.6 is 15.9 Å². The second-order valence-electron chi connectivity index (χ2n) is 4.93. The van der Waals surface area contributed by atoms with Gasteiger partial charge in [0.2, 0.25) is 0 Å². The Hall–Kier alpha value is -0.400. The molecule has 0 saturated heterocycles. The number of nitrogens with one attached hydrogen (secondary N) is 1. The average molecular weight is 350 g/mol. The van der Waals surface area contributed by atoms with Crippen LogP contribution in [0.1, 0.15) is 37.9 Å². The number of nitrogens with zero attached hydrogens (tertiary/aromatic N) is 2. The summed E-state index contributed by atoms with van der Waals surface area (Å²) in [6, 6.07) is 0.125. The Balaban J connectivity index is 2.26. The monoisotopic (exact) mass is 349 g/mol. The number of hydrogen-bond donors (Lipinski definition) is 1. The quantitative estimate of drug-likeness (QED) is 0.830. The molecular weight excluding hydrogens is 330 g/mol. The molecule has 0 bridgehead atoms. The highest BCUT2D eigenvalue weighted by Gasteiger charge is 2.32. The van der Waals surface area contributed by atoms with Gasteiger partial charge in [-0.25, -0.2) is 13.4 Å². The van der Waals surface area contributed by atoms with Crippen molar-refractivity contribution in [2.24, 2.45) is 0 Å². The number of halogens is 1. The van der Waals surface area contributed by atoms with Crippen LogP contribution in [0, 0.1) is 6.92 Å². The molecule has 1 aliphatic rings. The van der Waals surface area contributed by atoms with E-state index in [9.17, 15) is 8.42 Å². The molecule has 0 radical (unpaired) electrons. The molecule has 0 atom stereocenters. The number of aromatic amines is 1. The van der Waals surface area contributed by atoms with Crippen molar-refractivity contribution in [3.8, 4) is 0 Å². The van der Waals surface area contributed by atoms with Gasteiger partial charge in [0.05, 0.1) is 6.20 Å². The molecule has 1 aromatic heterocycles. The molecule has 0 amide bonds. The second kappa shape index (κ2) is 6.37. The second-order valence-corrected chi connectivity index (χ2v) is 7.58. The van der Waals surface area contributed by atoms with Crippen LogP contribution in [-0.2, 0) is 10.0 Å². The molecule has 19 heavy (non-hydrogen) atoms. The number of imidazole rings is 1. The fourth-order valence-electron chi connectivity index (χ4n) is 2.61. The molecule has 1 fully saturated rings. The van der Waals surface area contributed by atoms with E-state index in [-0.39, 0.29) is 11.1 Å². The minimum absolute atomic E-state index is 0.125. The maximum atomic E-state index is 12.7. The third-order valence-corrected chi connectivity index (χ3v) is 5.77. The van der Waals surface area contributed by atoms with Gasteiger partial charge < -0.3 is 4.98 Å². The summed E-state index contributed by atoms with van der Waals surface area (Å²) in [6.45, 7) is 2.26. The summed E-state index contributed by atoms with van der Waals surface area (Å²) in [5.74, 6) is 0.626. The first-order valence-corrected chi connectivity index (χ1v) is 9.21. The molecule has 1 aromatic rings. The fourth-order valence-corrected chi connectivity index (χ4v) is 4.87. The Morgan fingerprint density at radius 3 is 2.63 bits per heavy atom. The Bertz CT molecular complexity index is 509. The normalized spacial score (nSPS) is 18.1. The number of sulfonamides is 1. The lowest BCUT2D eigenvalue weighted by atomic mass is 9.95. The number of rotatable bonds is 5. The largest absolute Gasteiger partial charge is 0.332 e. The van der Waals surface area contributed by atoms with Crippen LogP contribution in [0.25, 0.3) is 0 Å². The third-order valence-electron chi connectivity index (χ3n) is 3.55. The average Bonchev–Trinajstić information content (AvgIpc) is 2.84. The Labute approximate surface area is 123 Å². The Morgan fingerprint density at radius 1 is 1.42 bits per heavy atom. The van der Waals surface area contributed by atoms with Crippen LogP contribution in [-0.4, -0.2) is 40.6 Å². The molecule has 0 aliphatic heterocycles. The highest BCUT2D eigenvalue weighted by molar-refractivity contribution is 9.09. The molecule has 2 rings (SSSR count). The van der Waals surface area contributed by atoms with Crippen LogP contribution in [0.2, 0.25) is 0 Å². The number of hydrogen-bond acceptors (Lipinski definition) is 3. The van der Waals surface area contributed by atoms with Crippen molar-refractivity contribution in [1.82, 2.24) is 14.3 Å². The van der Waals surface area contributed by atoms with Crippen molar-refractivity contribution < 1.29 is 8.42 Å². The zero-order valence-electron chi connectivity index (χ0n) is 11.1. The number of aromatic nitrogens is 2. The van der Waals surface area contributed by atoms with E-state index in [2.05, 4.69) is 25.9 Å². The lowest BCUT2D eigenvalue weighted by Crippen LogP contribution is -2.42. The summed E-state index contributed by atoms with van der Waals surface area (Å²) in [5.41, 5.74) is 0. The molecule has 1 saturated carbocycles. The molecule has 5 nitrogen and oxygen atoms in total. The highest BCUT2D eigenvalue weighted by atomic mass is 79.9. The van der Waals surface area contributed by atoms with Gasteiger partial charge in [-0.1, -0.05) is 35.2 Å². The van der Waals surface area contributed by atoms with Crippen molar-refractivity contribution in [1.29, 1.82) is 0 Å². The van der Waals surface area contributed by atoms with Crippen LogP contribution in [0.15, 0.2) is 11.2 Å². The van der Waals surface area contributed by atoms with E-state index in [1.165, 1.54) is 12.6 Å². The predicted molar refractivity (Wildman–Crippen MR) is 77.9 cm³/mol. The van der Waals surface area contributed by atoms with E-state index in [1.807, 2.05) is 0 Å². The summed E-state index contributed by atoms with van der Waals surface area (Å²) >= 11 is 3.35. The summed E-state index contributed by atoms with van der Waals surface area (Å²) in [5, 5.41) is 0.854. The van der Waals surface area contributed by atoms with Crippen molar-refractivity contribution in [3.05, 3.63) is 12.0 Å². The van der Waals surface area contributed by atoms with Gasteiger partial charge >= 0.3 is 0 Å². The first kappa shape index (κ1) is 15.0. The van der Waals surface area contributed by atoms with Gasteiger partial charge in [0.1, 0.15) is 5.82 Å². The van der Waals surface area contributed by atoms with E-state index >= 15 is 0 Å². The number of H-pyrrole nitrogens is 1. The molecular formula is C12H20BrN3O2S. The Kier molecular flexibility index (Phi) is 5.03. The maximum absolute atomic E-state index is 12.7. The molecule has 108 valence electrons. The molecule has 7 heteroatoms. The van der Waals surface area contributed by atoms with Crippen LogP contribution in [0.4, 0.5) is 0 Å². The first-order valence-electron chi connectivity index (χ1n) is 6.65. The van der Waals surface area contributed by atoms with Gasteiger partial charge in [-0.15, -0.1) is 0 Å². The first-order chi connectivity index (χ1) is 9.05. The van der Waals surface area contributed by atoms with Gasteiger partial charge in [0.25, 0.3) is 10.0 Å². The number of aryl methyl sites for hydroxylation is 1. The summed E-state index contributed by atoms with van der Waals surface area (Å²) < 4.78 is 27.0. The standard InChI is InChI=1S/C12H20BrN3O2S/c1-10-14-9-12(15-10)19(17,18)16(8-7-13)11-5-3-2-4-6-11/h9,11H,2-8H2,1H3,(H,14,15). The minimum atomic E-state index is -3.46. The molecule has 0 spiro atoms. The van der Waals surface area contributed by atoms with E-state index in [4.69, 9.17) is 0 Å². The van der Waals surface area contributed by atoms with Gasteiger partial charge in [-0.3, -0.25) is 0 Å². The van der Waals surface area contributed by atoms with Crippen LogP contribution < -0.4 is 0 Å². The summed E-state index contributed by atoms with van der Waals surface area (Å²) in [4.78, 5) is 6.84. The Morgan fingerprint density at radius 2 is 2.11 bits per heavy atom. The molecule has 0 aromatic carbocycles. The van der Waals surface area contributed by atoms with Crippen molar-refractivity contribution in [2.75, 3.05) is 11.9 Å². The lowest BCUT2D eigenvalue weighted by Gasteiger charge is -2.32. The topological polar surface area (TPSA) is 66.1 Å².